The Kier molecular flexibility index (Phi) is 3.91. The molecule has 0 radical (unpaired) electrons. The molecule has 1 unspecified atom stereocenters. The molecule has 1 aliphatic heterocycles. The zero-order valence-electron chi connectivity index (χ0n) is 10.1. The summed E-state index contributed by atoms with van der Waals surface area (Å²) < 4.78 is 0. The van der Waals surface area contributed by atoms with E-state index in [0.29, 0.717) is 13.0 Å². The van der Waals surface area contributed by atoms with E-state index >= 15 is 0 Å². The van der Waals surface area contributed by atoms with Crippen LogP contribution in [0.2, 0.25) is 5.15 Å². The van der Waals surface area contributed by atoms with Crippen LogP contribution in [0.15, 0.2) is 12.4 Å². The lowest BCUT2D eigenvalue weighted by Crippen LogP contribution is -2.33. The average Bonchev–Trinajstić information content (AvgIpc) is 2.71. The van der Waals surface area contributed by atoms with E-state index in [1.165, 1.54) is 17.3 Å². The van der Waals surface area contributed by atoms with Crippen LogP contribution in [0.1, 0.15) is 36.7 Å². The van der Waals surface area contributed by atoms with E-state index in [2.05, 4.69) is 16.9 Å². The molecule has 1 aromatic rings. The largest absolute Gasteiger partial charge is 0.280 e. The van der Waals surface area contributed by atoms with Crippen molar-refractivity contribution in [2.75, 3.05) is 6.54 Å². The number of rotatable bonds is 3. The number of hydrogen-bond donors (Lipinski definition) is 0. The first kappa shape index (κ1) is 13.0. The summed E-state index contributed by atoms with van der Waals surface area (Å²) in [6, 6.07) is 0. The van der Waals surface area contributed by atoms with E-state index in [4.69, 9.17) is 11.6 Å². The van der Waals surface area contributed by atoms with Gasteiger partial charge in [0.15, 0.2) is 0 Å². The monoisotopic (exact) mass is 267 g/mol. The van der Waals surface area contributed by atoms with E-state index in [0.717, 1.165) is 12.8 Å². The van der Waals surface area contributed by atoms with Crippen LogP contribution in [0.4, 0.5) is 0 Å². The van der Waals surface area contributed by atoms with Crippen molar-refractivity contribution >= 4 is 23.4 Å². The van der Waals surface area contributed by atoms with Crippen LogP contribution in [0.25, 0.3) is 0 Å². The lowest BCUT2D eigenvalue weighted by atomic mass is 10.0. The van der Waals surface area contributed by atoms with Gasteiger partial charge < -0.3 is 0 Å². The fraction of sp³-hybridized carbons (Fsp3) is 0.500. The van der Waals surface area contributed by atoms with Gasteiger partial charge in [0, 0.05) is 13.0 Å². The molecule has 6 heteroatoms. The molecule has 0 spiro atoms. The molecule has 1 fully saturated rings. The van der Waals surface area contributed by atoms with Crippen LogP contribution in [0, 0.1) is 5.92 Å². The van der Waals surface area contributed by atoms with Gasteiger partial charge in [0.2, 0.25) is 5.91 Å². The number of amides is 2. The van der Waals surface area contributed by atoms with Crippen molar-refractivity contribution in [1.82, 2.24) is 14.9 Å². The standard InChI is InChI=1S/C12H14ClN3O2/c1-2-3-8-4-11(17)16(7-8)12(18)9-5-15-10(13)6-14-9/h5-6,8H,2-4,7H2,1H3. The second-order valence-electron chi connectivity index (χ2n) is 4.39. The highest BCUT2D eigenvalue weighted by molar-refractivity contribution is 6.29. The summed E-state index contributed by atoms with van der Waals surface area (Å²) in [5.41, 5.74) is 0.157. The Morgan fingerprint density at radius 3 is 2.89 bits per heavy atom. The summed E-state index contributed by atoms with van der Waals surface area (Å²) in [4.78, 5) is 32.8. The first-order valence-corrected chi connectivity index (χ1v) is 6.32. The zero-order chi connectivity index (χ0) is 13.1. The van der Waals surface area contributed by atoms with Gasteiger partial charge in [0.25, 0.3) is 5.91 Å². The third-order valence-corrected chi connectivity index (χ3v) is 3.18. The van der Waals surface area contributed by atoms with Gasteiger partial charge in [-0.25, -0.2) is 9.97 Å². The van der Waals surface area contributed by atoms with Crippen molar-refractivity contribution in [3.8, 4) is 0 Å². The second-order valence-corrected chi connectivity index (χ2v) is 4.78. The Balaban J connectivity index is 2.10. The van der Waals surface area contributed by atoms with Gasteiger partial charge in [0.05, 0.1) is 12.4 Å². The highest BCUT2D eigenvalue weighted by atomic mass is 35.5. The average molecular weight is 268 g/mol. The van der Waals surface area contributed by atoms with E-state index in [9.17, 15) is 9.59 Å². The maximum absolute atomic E-state index is 12.1. The SMILES string of the molecule is CCCC1CC(=O)N(C(=O)c2cnc(Cl)cn2)C1. The minimum absolute atomic E-state index is 0.129. The molecule has 0 bridgehead atoms. The Labute approximate surface area is 110 Å². The number of hydrogen-bond acceptors (Lipinski definition) is 4. The summed E-state index contributed by atoms with van der Waals surface area (Å²) in [5, 5.41) is 0.225. The number of carbonyl (C=O) groups is 2. The minimum Gasteiger partial charge on any atom is -0.277 e. The molecule has 5 nitrogen and oxygen atoms in total. The van der Waals surface area contributed by atoms with Gasteiger partial charge in [-0.2, -0.15) is 0 Å². The van der Waals surface area contributed by atoms with Crippen LogP contribution >= 0.6 is 11.6 Å². The lowest BCUT2D eigenvalue weighted by Gasteiger charge is -2.13. The van der Waals surface area contributed by atoms with Gasteiger partial charge in [-0.05, 0) is 12.3 Å². The molecule has 96 valence electrons. The van der Waals surface area contributed by atoms with E-state index in [1.807, 2.05) is 0 Å². The first-order valence-electron chi connectivity index (χ1n) is 5.94. The maximum Gasteiger partial charge on any atom is 0.280 e. The van der Waals surface area contributed by atoms with Crippen molar-refractivity contribution in [2.45, 2.75) is 26.2 Å². The quantitative estimate of drug-likeness (QED) is 0.785. The van der Waals surface area contributed by atoms with Crippen molar-refractivity contribution in [1.29, 1.82) is 0 Å². The van der Waals surface area contributed by atoms with E-state index in [-0.39, 0.29) is 28.6 Å². The van der Waals surface area contributed by atoms with Crippen LogP contribution in [0.3, 0.4) is 0 Å². The molecule has 0 aliphatic carbocycles. The van der Waals surface area contributed by atoms with Gasteiger partial charge in [0.1, 0.15) is 10.8 Å². The Morgan fingerprint density at radius 1 is 1.50 bits per heavy atom. The molecule has 2 heterocycles. The summed E-state index contributed by atoms with van der Waals surface area (Å²) >= 11 is 5.60. The van der Waals surface area contributed by atoms with Gasteiger partial charge in [-0.15, -0.1) is 0 Å². The van der Waals surface area contributed by atoms with Crippen molar-refractivity contribution in [3.05, 3.63) is 23.2 Å². The summed E-state index contributed by atoms with van der Waals surface area (Å²) in [6.45, 7) is 2.55. The van der Waals surface area contributed by atoms with Crippen LogP contribution in [0.5, 0.6) is 0 Å². The molecular weight excluding hydrogens is 254 g/mol. The smallest absolute Gasteiger partial charge is 0.277 e. The normalized spacial score (nSPS) is 19.3. The van der Waals surface area contributed by atoms with Crippen LogP contribution in [-0.2, 0) is 4.79 Å². The molecule has 1 saturated heterocycles. The number of halogens is 1. The van der Waals surface area contributed by atoms with Crippen molar-refractivity contribution in [2.24, 2.45) is 5.92 Å². The number of nitrogens with zero attached hydrogens (tertiary/aromatic N) is 3. The van der Waals surface area contributed by atoms with E-state index < -0.39 is 0 Å². The van der Waals surface area contributed by atoms with Gasteiger partial charge in [-0.3, -0.25) is 14.5 Å². The molecule has 0 saturated carbocycles. The molecule has 1 aliphatic rings. The molecule has 1 atom stereocenters. The third kappa shape index (κ3) is 2.67. The summed E-state index contributed by atoms with van der Waals surface area (Å²) in [7, 11) is 0. The Morgan fingerprint density at radius 2 is 2.28 bits per heavy atom. The maximum atomic E-state index is 12.1. The van der Waals surface area contributed by atoms with Crippen molar-refractivity contribution < 1.29 is 9.59 Å². The highest BCUT2D eigenvalue weighted by Crippen LogP contribution is 2.23. The molecule has 18 heavy (non-hydrogen) atoms. The fourth-order valence-electron chi connectivity index (χ4n) is 2.14. The highest BCUT2D eigenvalue weighted by Gasteiger charge is 2.34. The van der Waals surface area contributed by atoms with E-state index in [1.54, 1.807) is 0 Å². The predicted molar refractivity (Wildman–Crippen MR) is 66.1 cm³/mol. The minimum atomic E-state index is -0.386. The van der Waals surface area contributed by atoms with Gasteiger partial charge >= 0.3 is 0 Å². The first-order chi connectivity index (χ1) is 8.61. The van der Waals surface area contributed by atoms with Gasteiger partial charge in [-0.1, -0.05) is 24.9 Å². The number of imide groups is 1. The summed E-state index contributed by atoms with van der Waals surface area (Å²) in [5.74, 6) is -0.246. The number of aromatic nitrogens is 2. The second kappa shape index (κ2) is 5.44. The molecule has 2 amide bonds. The molecule has 2 rings (SSSR count). The third-order valence-electron chi connectivity index (χ3n) is 2.99. The fourth-order valence-corrected chi connectivity index (χ4v) is 2.24. The lowest BCUT2D eigenvalue weighted by molar-refractivity contribution is -0.125. The Hall–Kier alpha value is -1.49. The Bertz CT molecular complexity index is 461. The molecular formula is C12H14ClN3O2. The van der Waals surface area contributed by atoms with Crippen molar-refractivity contribution in [3.63, 3.8) is 0 Å². The summed E-state index contributed by atoms with van der Waals surface area (Å²) in [6.07, 6.45) is 5.02. The number of carbonyl (C=O) groups excluding carboxylic acids is 2. The van der Waals surface area contributed by atoms with Crippen LogP contribution in [-0.4, -0.2) is 33.2 Å². The zero-order valence-corrected chi connectivity index (χ0v) is 10.9. The molecule has 1 aromatic heterocycles. The molecule has 0 N–H and O–H groups in total. The topological polar surface area (TPSA) is 63.2 Å². The number of likely N-dealkylation sites (tertiary alicyclic amines) is 1. The molecule has 0 aromatic carbocycles. The predicted octanol–water partition coefficient (Wildman–Crippen LogP) is 1.92. The van der Waals surface area contributed by atoms with Crippen LogP contribution < -0.4 is 0 Å².